The highest BCUT2D eigenvalue weighted by Crippen LogP contribution is 2.26. The van der Waals surface area contributed by atoms with E-state index in [-0.39, 0.29) is 11.9 Å². The van der Waals surface area contributed by atoms with Crippen LogP contribution >= 0.6 is 11.3 Å². The summed E-state index contributed by atoms with van der Waals surface area (Å²) in [5.41, 5.74) is 4.78. The van der Waals surface area contributed by atoms with E-state index in [1.54, 1.807) is 16.2 Å². The third kappa shape index (κ3) is 5.28. The Morgan fingerprint density at radius 3 is 2.22 bits per heavy atom. The standard InChI is InChI=1S/C23H26N2OS/c1-17-6-10-19(11-7-17)16-25(3)22(26)15-24-23(21-5-4-14-27-21)20-12-8-18(2)9-13-20/h4-14,23-24H,15-16H2,1-3H3/t23-/m1/s1. The summed E-state index contributed by atoms with van der Waals surface area (Å²) < 4.78 is 0. The zero-order valence-electron chi connectivity index (χ0n) is 16.1. The smallest absolute Gasteiger partial charge is 0.236 e. The quantitative estimate of drug-likeness (QED) is 0.646. The van der Waals surface area contributed by atoms with Crippen LogP contribution in [0.25, 0.3) is 0 Å². The highest BCUT2D eigenvalue weighted by Gasteiger charge is 2.17. The van der Waals surface area contributed by atoms with Crippen molar-refractivity contribution >= 4 is 17.2 Å². The first-order chi connectivity index (χ1) is 13.0. The number of hydrogen-bond acceptors (Lipinski definition) is 3. The molecule has 140 valence electrons. The minimum Gasteiger partial charge on any atom is -0.340 e. The van der Waals surface area contributed by atoms with E-state index in [1.165, 1.54) is 21.6 Å². The molecule has 0 saturated carbocycles. The van der Waals surface area contributed by atoms with Crippen molar-refractivity contribution in [1.29, 1.82) is 0 Å². The molecule has 0 saturated heterocycles. The average molecular weight is 379 g/mol. The summed E-state index contributed by atoms with van der Waals surface area (Å²) in [7, 11) is 1.86. The van der Waals surface area contributed by atoms with Gasteiger partial charge in [-0.2, -0.15) is 0 Å². The molecule has 1 N–H and O–H groups in total. The van der Waals surface area contributed by atoms with Gasteiger partial charge in [-0.3, -0.25) is 10.1 Å². The van der Waals surface area contributed by atoms with E-state index in [1.807, 2.05) is 13.1 Å². The number of aryl methyl sites for hydroxylation is 2. The predicted octanol–water partition coefficient (Wildman–Crippen LogP) is 4.70. The van der Waals surface area contributed by atoms with Gasteiger partial charge in [-0.15, -0.1) is 11.3 Å². The molecule has 1 amide bonds. The first kappa shape index (κ1) is 19.3. The third-order valence-corrected chi connectivity index (χ3v) is 5.60. The summed E-state index contributed by atoms with van der Waals surface area (Å²) in [6.45, 7) is 5.08. The number of nitrogens with zero attached hydrogens (tertiary/aromatic N) is 1. The minimum atomic E-state index is 0.0299. The fourth-order valence-electron chi connectivity index (χ4n) is 2.98. The molecule has 3 nitrogen and oxygen atoms in total. The largest absolute Gasteiger partial charge is 0.340 e. The third-order valence-electron chi connectivity index (χ3n) is 4.66. The van der Waals surface area contributed by atoms with Gasteiger partial charge in [-0.25, -0.2) is 0 Å². The van der Waals surface area contributed by atoms with Crippen molar-refractivity contribution in [3.05, 3.63) is 93.2 Å². The molecule has 1 heterocycles. The second-order valence-electron chi connectivity index (χ2n) is 6.98. The molecule has 27 heavy (non-hydrogen) atoms. The lowest BCUT2D eigenvalue weighted by molar-refractivity contribution is -0.129. The van der Waals surface area contributed by atoms with E-state index in [4.69, 9.17) is 0 Å². The Morgan fingerprint density at radius 1 is 1.00 bits per heavy atom. The van der Waals surface area contributed by atoms with E-state index in [0.717, 1.165) is 5.56 Å². The Morgan fingerprint density at radius 2 is 1.63 bits per heavy atom. The zero-order chi connectivity index (χ0) is 19.2. The lowest BCUT2D eigenvalue weighted by Crippen LogP contribution is -2.37. The van der Waals surface area contributed by atoms with Crippen LogP contribution in [0.4, 0.5) is 0 Å². The van der Waals surface area contributed by atoms with Crippen LogP contribution in [-0.2, 0) is 11.3 Å². The average Bonchev–Trinajstić information content (AvgIpc) is 3.19. The first-order valence-electron chi connectivity index (χ1n) is 9.16. The van der Waals surface area contributed by atoms with E-state index in [0.29, 0.717) is 13.1 Å². The maximum atomic E-state index is 12.6. The molecule has 0 aliphatic carbocycles. The Balaban J connectivity index is 1.65. The predicted molar refractivity (Wildman–Crippen MR) is 113 cm³/mol. The molecule has 3 aromatic rings. The van der Waals surface area contributed by atoms with Crippen LogP contribution in [0.5, 0.6) is 0 Å². The molecule has 0 aliphatic heterocycles. The second-order valence-corrected chi connectivity index (χ2v) is 7.95. The van der Waals surface area contributed by atoms with Crippen molar-refractivity contribution < 1.29 is 4.79 Å². The molecule has 0 bridgehead atoms. The van der Waals surface area contributed by atoms with Crippen LogP contribution < -0.4 is 5.32 Å². The van der Waals surface area contributed by atoms with Gasteiger partial charge in [-0.1, -0.05) is 65.7 Å². The second kappa shape index (κ2) is 8.98. The highest BCUT2D eigenvalue weighted by molar-refractivity contribution is 7.10. The van der Waals surface area contributed by atoms with Gasteiger partial charge in [0, 0.05) is 18.5 Å². The number of nitrogens with one attached hydrogen (secondary N) is 1. The number of rotatable bonds is 7. The van der Waals surface area contributed by atoms with Gasteiger partial charge in [0.15, 0.2) is 0 Å². The molecule has 3 rings (SSSR count). The summed E-state index contributed by atoms with van der Waals surface area (Å²) in [5, 5.41) is 5.53. The van der Waals surface area contributed by atoms with Crippen molar-refractivity contribution in [2.75, 3.05) is 13.6 Å². The number of benzene rings is 2. The fraction of sp³-hybridized carbons (Fsp3) is 0.261. The van der Waals surface area contributed by atoms with Crippen molar-refractivity contribution in [1.82, 2.24) is 10.2 Å². The van der Waals surface area contributed by atoms with Gasteiger partial charge in [0.1, 0.15) is 0 Å². The summed E-state index contributed by atoms with van der Waals surface area (Å²) in [6.07, 6.45) is 0. The van der Waals surface area contributed by atoms with Gasteiger partial charge in [0.05, 0.1) is 12.6 Å². The normalized spacial score (nSPS) is 12.0. The number of carbonyl (C=O) groups is 1. The number of carbonyl (C=O) groups excluding carboxylic acids is 1. The first-order valence-corrected chi connectivity index (χ1v) is 10.0. The molecule has 0 fully saturated rings. The lowest BCUT2D eigenvalue weighted by atomic mass is 10.0. The van der Waals surface area contributed by atoms with E-state index < -0.39 is 0 Å². The summed E-state index contributed by atoms with van der Waals surface area (Å²) >= 11 is 1.71. The van der Waals surface area contributed by atoms with Crippen LogP contribution in [0.15, 0.2) is 66.0 Å². The van der Waals surface area contributed by atoms with Crippen LogP contribution in [0.2, 0.25) is 0 Å². The zero-order valence-corrected chi connectivity index (χ0v) is 16.9. The van der Waals surface area contributed by atoms with Crippen molar-refractivity contribution in [3.63, 3.8) is 0 Å². The van der Waals surface area contributed by atoms with E-state index in [9.17, 15) is 4.79 Å². The number of amides is 1. The molecule has 0 spiro atoms. The molecule has 1 aromatic heterocycles. The van der Waals surface area contributed by atoms with Gasteiger partial charge in [0.2, 0.25) is 5.91 Å². The van der Waals surface area contributed by atoms with Crippen LogP contribution in [0.1, 0.15) is 33.2 Å². The molecule has 2 aromatic carbocycles. The van der Waals surface area contributed by atoms with Crippen LogP contribution in [0, 0.1) is 13.8 Å². The fourth-order valence-corrected chi connectivity index (χ4v) is 3.80. The van der Waals surface area contributed by atoms with Gasteiger partial charge < -0.3 is 4.90 Å². The molecule has 0 unspecified atom stereocenters. The van der Waals surface area contributed by atoms with Crippen molar-refractivity contribution in [2.45, 2.75) is 26.4 Å². The van der Waals surface area contributed by atoms with Gasteiger partial charge >= 0.3 is 0 Å². The SMILES string of the molecule is Cc1ccc(CN(C)C(=O)CN[C@H](c2ccc(C)cc2)c2cccs2)cc1. The van der Waals surface area contributed by atoms with Crippen LogP contribution in [0.3, 0.4) is 0 Å². The molecule has 4 heteroatoms. The van der Waals surface area contributed by atoms with Gasteiger partial charge in [0.25, 0.3) is 0 Å². The monoisotopic (exact) mass is 378 g/mol. The highest BCUT2D eigenvalue weighted by atomic mass is 32.1. The summed E-state index contributed by atoms with van der Waals surface area (Å²) in [4.78, 5) is 15.6. The molecule has 0 aliphatic rings. The molecular weight excluding hydrogens is 352 g/mol. The number of thiophene rings is 1. The molecule has 0 radical (unpaired) electrons. The number of likely N-dealkylation sites (N-methyl/N-ethyl adjacent to an activating group) is 1. The Kier molecular flexibility index (Phi) is 6.43. The topological polar surface area (TPSA) is 32.3 Å². The Labute approximate surface area is 165 Å². The molecular formula is C23H26N2OS. The van der Waals surface area contributed by atoms with Gasteiger partial charge in [-0.05, 0) is 36.4 Å². The van der Waals surface area contributed by atoms with Crippen molar-refractivity contribution in [3.8, 4) is 0 Å². The van der Waals surface area contributed by atoms with E-state index >= 15 is 0 Å². The summed E-state index contributed by atoms with van der Waals surface area (Å²) in [6, 6.07) is 21.0. The number of hydrogen-bond donors (Lipinski definition) is 1. The van der Waals surface area contributed by atoms with Crippen molar-refractivity contribution in [2.24, 2.45) is 0 Å². The Hall–Kier alpha value is -2.43. The Bertz CT molecular complexity index is 854. The maximum Gasteiger partial charge on any atom is 0.236 e. The molecule has 1 atom stereocenters. The van der Waals surface area contributed by atoms with E-state index in [2.05, 4.69) is 79.1 Å². The van der Waals surface area contributed by atoms with Crippen LogP contribution in [-0.4, -0.2) is 24.4 Å². The maximum absolute atomic E-state index is 12.6. The summed E-state index contributed by atoms with van der Waals surface area (Å²) in [5.74, 6) is 0.0873. The lowest BCUT2D eigenvalue weighted by Gasteiger charge is -2.22. The minimum absolute atomic E-state index is 0.0299.